The Morgan fingerprint density at radius 2 is 1.08 bits per heavy atom. The quantitative estimate of drug-likeness (QED) is 0.0284. The molecule has 11 heteroatoms. The molecule has 0 aliphatic carbocycles. The van der Waals surface area contributed by atoms with Crippen LogP contribution in [0.1, 0.15) is 194 Å². The Bertz CT molecular complexity index is 947. The molecule has 1 unspecified atom stereocenters. The van der Waals surface area contributed by atoms with Crippen molar-refractivity contribution in [2.75, 3.05) is 33.3 Å². The van der Waals surface area contributed by atoms with Crippen LogP contribution in [0.2, 0.25) is 0 Å². The van der Waals surface area contributed by atoms with Gasteiger partial charge in [0, 0.05) is 26.3 Å². The van der Waals surface area contributed by atoms with Crippen molar-refractivity contribution in [3.63, 3.8) is 0 Å². The summed E-state index contributed by atoms with van der Waals surface area (Å²) in [6.45, 7) is 10.2. The van der Waals surface area contributed by atoms with Gasteiger partial charge in [-0.05, 0) is 83.8 Å². The summed E-state index contributed by atoms with van der Waals surface area (Å²) in [7, 11) is -2.24. The molecule has 50 heavy (non-hydrogen) atoms. The van der Waals surface area contributed by atoms with Crippen LogP contribution < -0.4 is 9.86 Å². The third kappa shape index (κ3) is 33.4. The number of rotatable bonds is 36. The summed E-state index contributed by atoms with van der Waals surface area (Å²) in [5, 5.41) is 5.11. The molecule has 0 aromatic carbocycles. The highest BCUT2D eigenvalue weighted by atomic mass is 32.2. The van der Waals surface area contributed by atoms with Crippen LogP contribution in [0.3, 0.4) is 0 Å². The van der Waals surface area contributed by atoms with Crippen molar-refractivity contribution in [2.24, 2.45) is 10.1 Å². The first-order chi connectivity index (χ1) is 24.1. The zero-order valence-electron chi connectivity index (χ0n) is 32.8. The number of nitrogens with one attached hydrogen (secondary N) is 1. The molecule has 0 rings (SSSR count). The van der Waals surface area contributed by atoms with Crippen molar-refractivity contribution in [1.29, 1.82) is 0 Å². The van der Waals surface area contributed by atoms with Gasteiger partial charge in [-0.2, -0.15) is 8.42 Å². The fourth-order valence-electron chi connectivity index (χ4n) is 6.13. The predicted molar refractivity (Wildman–Crippen MR) is 209 cm³/mol. The molecule has 3 N–H and O–H groups in total. The average Bonchev–Trinajstić information content (AvgIpc) is 3.08. The molecule has 10 nitrogen and oxygen atoms in total. The van der Waals surface area contributed by atoms with Crippen LogP contribution in [0.25, 0.3) is 0 Å². The van der Waals surface area contributed by atoms with Gasteiger partial charge in [0.15, 0.2) is 0 Å². The molecule has 0 saturated heterocycles. The van der Waals surface area contributed by atoms with E-state index in [-0.39, 0.29) is 18.0 Å². The van der Waals surface area contributed by atoms with E-state index in [1.54, 1.807) is 7.05 Å². The van der Waals surface area contributed by atoms with Crippen LogP contribution in [-0.2, 0) is 29.3 Å². The Morgan fingerprint density at radius 3 is 1.66 bits per heavy atom. The smallest absolute Gasteiger partial charge is 0.306 e. The first-order valence-electron chi connectivity index (χ1n) is 20.5. The first kappa shape index (κ1) is 48.3. The van der Waals surface area contributed by atoms with E-state index in [1.807, 2.05) is 0 Å². The van der Waals surface area contributed by atoms with Gasteiger partial charge in [0.2, 0.25) is 0 Å². The van der Waals surface area contributed by atoms with Crippen molar-refractivity contribution in [3.05, 3.63) is 0 Å². The predicted octanol–water partition coefficient (Wildman–Crippen LogP) is 9.16. The molecule has 0 aromatic rings. The molecule has 0 amide bonds. The molecule has 0 aliphatic heterocycles. The first-order valence-corrected chi connectivity index (χ1v) is 22.0. The van der Waals surface area contributed by atoms with Crippen molar-refractivity contribution in [3.8, 4) is 0 Å². The van der Waals surface area contributed by atoms with E-state index >= 15 is 0 Å². The molecular formula is C39H78N4O6S. The van der Waals surface area contributed by atoms with Crippen molar-refractivity contribution in [2.45, 2.75) is 200 Å². The highest BCUT2D eigenvalue weighted by Gasteiger charge is 2.14. The molecule has 0 radical (unpaired) electrons. The SMILES string of the molecule is CCCCCCCOC(=O)CCCCCCCN(CCCCCCCC(=O)OC(CCCC)CCCCC)CCCCC(=NC)NS(N)(=O)=O. The second-order valence-corrected chi connectivity index (χ2v) is 15.3. The Labute approximate surface area is 308 Å². The summed E-state index contributed by atoms with van der Waals surface area (Å²) in [6, 6.07) is 0. The highest BCUT2D eigenvalue weighted by molar-refractivity contribution is 7.87. The van der Waals surface area contributed by atoms with Gasteiger partial charge in [-0.1, -0.05) is 111 Å². The summed E-state index contributed by atoms with van der Waals surface area (Å²) in [5.41, 5.74) is 0. The number of nitrogens with zero attached hydrogens (tertiary/aromatic N) is 2. The standard InChI is InChI=1S/C39H78N4O6S/c1-5-8-11-18-26-35-48-38(44)30-20-14-12-16-23-32-43(34-25-22-29-37(41-4)42-50(40,46)47)33-24-17-13-15-21-31-39(45)49-36(27-10-7-3)28-19-9-6-2/h36H,5-35H2,1-4H3,(H,41,42)(H2,40,46,47). The largest absolute Gasteiger partial charge is 0.466 e. The van der Waals surface area contributed by atoms with Crippen LogP contribution in [0.15, 0.2) is 4.99 Å². The third-order valence-electron chi connectivity index (χ3n) is 9.20. The summed E-state index contributed by atoms with van der Waals surface area (Å²) in [5.74, 6) is 0.306. The van der Waals surface area contributed by atoms with Crippen LogP contribution in [0.5, 0.6) is 0 Å². The van der Waals surface area contributed by atoms with E-state index in [0.29, 0.717) is 31.7 Å². The molecule has 0 heterocycles. The van der Waals surface area contributed by atoms with Gasteiger partial charge in [-0.25, -0.2) is 5.14 Å². The van der Waals surface area contributed by atoms with Crippen molar-refractivity contribution in [1.82, 2.24) is 9.62 Å². The Balaban J connectivity index is 4.42. The van der Waals surface area contributed by atoms with Crippen molar-refractivity contribution < 1.29 is 27.5 Å². The molecule has 0 aliphatic rings. The monoisotopic (exact) mass is 731 g/mol. The van der Waals surface area contributed by atoms with Gasteiger partial charge in [0.1, 0.15) is 11.9 Å². The minimum Gasteiger partial charge on any atom is -0.466 e. The van der Waals surface area contributed by atoms with E-state index in [4.69, 9.17) is 14.6 Å². The zero-order valence-corrected chi connectivity index (χ0v) is 33.6. The number of hydrogen-bond donors (Lipinski definition) is 2. The van der Waals surface area contributed by atoms with Crippen LogP contribution in [0.4, 0.5) is 0 Å². The lowest BCUT2D eigenvalue weighted by molar-refractivity contribution is -0.150. The van der Waals surface area contributed by atoms with E-state index in [9.17, 15) is 18.0 Å². The lowest BCUT2D eigenvalue weighted by atomic mass is 10.1. The lowest BCUT2D eigenvalue weighted by Gasteiger charge is -2.22. The molecule has 0 aromatic heterocycles. The number of ether oxygens (including phenoxy) is 2. The van der Waals surface area contributed by atoms with Gasteiger partial charge >= 0.3 is 11.9 Å². The fraction of sp³-hybridized carbons (Fsp3) is 0.923. The second kappa shape index (κ2) is 34.4. The number of amidine groups is 1. The van der Waals surface area contributed by atoms with E-state index in [1.165, 1.54) is 32.1 Å². The Hall–Kier alpha value is -1.72. The van der Waals surface area contributed by atoms with Gasteiger partial charge in [0.05, 0.1) is 6.61 Å². The van der Waals surface area contributed by atoms with Gasteiger partial charge in [-0.3, -0.25) is 19.3 Å². The fourth-order valence-corrected chi connectivity index (χ4v) is 6.65. The molecule has 0 bridgehead atoms. The summed E-state index contributed by atoms with van der Waals surface area (Å²) < 4.78 is 36.3. The number of esters is 2. The molecule has 296 valence electrons. The van der Waals surface area contributed by atoms with Crippen LogP contribution in [0, 0.1) is 0 Å². The van der Waals surface area contributed by atoms with Gasteiger partial charge < -0.3 is 14.4 Å². The molecule has 0 fully saturated rings. The maximum absolute atomic E-state index is 12.5. The maximum Gasteiger partial charge on any atom is 0.306 e. The number of aliphatic imine (C=N–C) groups is 1. The molecule has 0 saturated carbocycles. The second-order valence-electron chi connectivity index (χ2n) is 14.0. The normalized spacial score (nSPS) is 12.7. The maximum atomic E-state index is 12.5. The van der Waals surface area contributed by atoms with E-state index < -0.39 is 10.2 Å². The summed E-state index contributed by atoms with van der Waals surface area (Å²) in [4.78, 5) is 31.0. The Morgan fingerprint density at radius 1 is 0.620 bits per heavy atom. The molecule has 1 atom stereocenters. The number of hydrogen-bond acceptors (Lipinski definition) is 8. The molecular weight excluding hydrogens is 653 g/mol. The van der Waals surface area contributed by atoms with E-state index in [0.717, 1.165) is 142 Å². The highest BCUT2D eigenvalue weighted by Crippen LogP contribution is 2.16. The molecule has 0 spiro atoms. The minimum atomic E-state index is -3.81. The number of carbonyl (C=O) groups excluding carboxylic acids is 2. The number of unbranched alkanes of at least 4 members (excludes halogenated alkanes) is 16. The van der Waals surface area contributed by atoms with E-state index in [2.05, 4.69) is 35.4 Å². The number of nitrogens with two attached hydrogens (primary N) is 1. The topological polar surface area (TPSA) is 140 Å². The average molecular weight is 731 g/mol. The number of carbonyl (C=O) groups is 2. The lowest BCUT2D eigenvalue weighted by Crippen LogP contribution is -2.36. The summed E-state index contributed by atoms with van der Waals surface area (Å²) >= 11 is 0. The van der Waals surface area contributed by atoms with Gasteiger partial charge in [0.25, 0.3) is 10.2 Å². The van der Waals surface area contributed by atoms with Crippen LogP contribution in [-0.4, -0.2) is 70.5 Å². The summed E-state index contributed by atoms with van der Waals surface area (Å²) in [6.07, 6.45) is 27.6. The van der Waals surface area contributed by atoms with Crippen LogP contribution >= 0.6 is 0 Å². The van der Waals surface area contributed by atoms with Crippen molar-refractivity contribution >= 4 is 28.0 Å². The Kier molecular flexibility index (Phi) is 33.2. The van der Waals surface area contributed by atoms with Gasteiger partial charge in [-0.15, -0.1) is 0 Å². The third-order valence-corrected chi connectivity index (χ3v) is 9.72. The zero-order chi connectivity index (χ0) is 37.1. The minimum absolute atomic E-state index is 0.0302.